The number of benzene rings is 4. The van der Waals surface area contributed by atoms with Gasteiger partial charge in [0.05, 0.1) is 11.1 Å². The average molecular weight is 620 g/mol. The van der Waals surface area contributed by atoms with Gasteiger partial charge < -0.3 is 28.5 Å². The highest BCUT2D eigenvalue weighted by atomic mass is 127. The monoisotopic (exact) mass is 620 g/mol. The van der Waals surface area contributed by atoms with Crippen molar-refractivity contribution in [3.05, 3.63) is 132 Å². The van der Waals surface area contributed by atoms with E-state index in [-0.39, 0.29) is 34.6 Å². The van der Waals surface area contributed by atoms with Gasteiger partial charge in [-0.1, -0.05) is 66.7 Å². The molecule has 6 heteroatoms. The van der Waals surface area contributed by atoms with Crippen molar-refractivity contribution in [3.63, 3.8) is 0 Å². The lowest BCUT2D eigenvalue weighted by molar-refractivity contribution is -0.383. The first-order chi connectivity index (χ1) is 17.7. The van der Waals surface area contributed by atoms with Crippen molar-refractivity contribution >= 4 is 39.8 Å². The van der Waals surface area contributed by atoms with Crippen LogP contribution >= 0.6 is 7.26 Å². The van der Waals surface area contributed by atoms with E-state index in [2.05, 4.69) is 91.0 Å². The number of hydrogen-bond acceptors (Lipinski definition) is 2. The summed E-state index contributed by atoms with van der Waals surface area (Å²) in [5.74, 6) is 0. The third-order valence-corrected chi connectivity index (χ3v) is 11.5. The van der Waals surface area contributed by atoms with Crippen molar-refractivity contribution in [2.75, 3.05) is 6.16 Å². The first kappa shape index (κ1) is 27.0. The molecule has 0 atom stereocenters. The highest BCUT2D eigenvalue weighted by molar-refractivity contribution is 7.95. The molecule has 0 amide bonds. The third-order valence-electron chi connectivity index (χ3n) is 6.95. The number of fused-ring (bicyclic) bond motifs is 1. The van der Waals surface area contributed by atoms with Crippen LogP contribution in [-0.2, 0) is 6.54 Å². The number of non-ortho nitro benzene ring substituents is 1. The van der Waals surface area contributed by atoms with Crippen molar-refractivity contribution < 1.29 is 28.9 Å². The zero-order valence-corrected chi connectivity index (χ0v) is 23.7. The largest absolute Gasteiger partial charge is 1.00 e. The van der Waals surface area contributed by atoms with Crippen LogP contribution in [0.15, 0.2) is 121 Å². The van der Waals surface area contributed by atoms with Crippen LogP contribution in [0.25, 0.3) is 10.9 Å². The summed E-state index contributed by atoms with van der Waals surface area (Å²) in [5.41, 5.74) is 0.905. The number of aromatic nitrogens is 1. The summed E-state index contributed by atoms with van der Waals surface area (Å²) < 4.78 is 2.04. The van der Waals surface area contributed by atoms with E-state index in [1.807, 2.05) is 22.9 Å². The molecule has 4 aromatic carbocycles. The molecule has 1 heterocycles. The second-order valence-electron chi connectivity index (χ2n) is 9.08. The molecule has 0 aliphatic heterocycles. The summed E-state index contributed by atoms with van der Waals surface area (Å²) in [6.07, 6.45) is 6.21. The van der Waals surface area contributed by atoms with E-state index >= 15 is 0 Å². The molecule has 1 aromatic heterocycles. The fourth-order valence-electron chi connectivity index (χ4n) is 5.26. The van der Waals surface area contributed by atoms with E-state index < -0.39 is 7.26 Å². The molecule has 0 unspecified atom stereocenters. The number of unbranched alkanes of at least 4 members (excludes halogenated alkanes) is 2. The third kappa shape index (κ3) is 5.63. The Balaban J connectivity index is 0.00000320. The normalized spacial score (nSPS) is 11.2. The fraction of sp³-hybridized carbons (Fsp3) is 0.161. The van der Waals surface area contributed by atoms with Crippen LogP contribution in [-0.4, -0.2) is 15.7 Å². The predicted octanol–water partition coefficient (Wildman–Crippen LogP) is 3.72. The van der Waals surface area contributed by atoms with Gasteiger partial charge in [0.25, 0.3) is 5.69 Å². The van der Waals surface area contributed by atoms with Gasteiger partial charge in [-0.05, 0) is 61.7 Å². The minimum atomic E-state index is -1.81. The molecule has 0 saturated carbocycles. The van der Waals surface area contributed by atoms with E-state index in [4.69, 9.17) is 0 Å². The molecule has 0 radical (unpaired) electrons. The second-order valence-corrected chi connectivity index (χ2v) is 12.7. The van der Waals surface area contributed by atoms with Gasteiger partial charge >= 0.3 is 0 Å². The number of nitro groups is 1. The number of hydrogen-bond donors (Lipinski definition) is 0. The molecule has 37 heavy (non-hydrogen) atoms. The molecule has 5 aromatic rings. The summed E-state index contributed by atoms with van der Waals surface area (Å²) in [6.45, 7) is 0.780. The standard InChI is InChI=1S/C31H30N2O2P.HI/c34-33(35)30-21-13-14-26-22-24-32(31(26)30)23-11-4-12-25-36(27-15-5-1-6-16-27,28-17-7-2-8-18-28)29-19-9-3-10-20-29;/h1-3,5-10,13-22,24H,4,11-12,23,25H2;1H/q+1;/p-1. The Hall–Kier alpha value is -3.02. The van der Waals surface area contributed by atoms with Crippen LogP contribution in [0, 0.1) is 10.1 Å². The molecule has 0 saturated heterocycles. The zero-order valence-electron chi connectivity index (χ0n) is 20.6. The lowest BCUT2D eigenvalue weighted by Crippen LogP contribution is -3.00. The van der Waals surface area contributed by atoms with Crippen LogP contribution < -0.4 is 39.9 Å². The number of halogens is 1. The molecule has 0 aliphatic rings. The molecular formula is C31H30IN2O2P. The number of aryl methyl sites for hydroxylation is 1. The van der Waals surface area contributed by atoms with E-state index in [1.165, 1.54) is 15.9 Å². The van der Waals surface area contributed by atoms with E-state index in [1.54, 1.807) is 12.1 Å². The lowest BCUT2D eigenvalue weighted by Gasteiger charge is -2.27. The van der Waals surface area contributed by atoms with Gasteiger partial charge in [0.1, 0.15) is 28.7 Å². The Kier molecular flexibility index (Phi) is 9.12. The molecule has 0 N–H and O–H groups in total. The maximum Gasteiger partial charge on any atom is 0.293 e. The Bertz CT molecular complexity index is 1340. The fourth-order valence-corrected chi connectivity index (χ4v) is 9.67. The minimum Gasteiger partial charge on any atom is -1.00 e. The number of rotatable bonds is 10. The Morgan fingerprint density at radius 3 is 1.70 bits per heavy atom. The topological polar surface area (TPSA) is 48.1 Å². The molecule has 0 spiro atoms. The van der Waals surface area contributed by atoms with Gasteiger partial charge in [0, 0.05) is 24.2 Å². The van der Waals surface area contributed by atoms with E-state index in [0.717, 1.165) is 42.9 Å². The molecular weight excluding hydrogens is 590 g/mol. The highest BCUT2D eigenvalue weighted by Gasteiger charge is 2.44. The van der Waals surface area contributed by atoms with Gasteiger partial charge in [-0.15, -0.1) is 0 Å². The minimum absolute atomic E-state index is 0. The van der Waals surface area contributed by atoms with Crippen LogP contribution in [0.5, 0.6) is 0 Å². The summed E-state index contributed by atoms with van der Waals surface area (Å²) in [4.78, 5) is 11.3. The Morgan fingerprint density at radius 1 is 0.649 bits per heavy atom. The smallest absolute Gasteiger partial charge is 0.293 e. The summed E-state index contributed by atoms with van der Waals surface area (Å²) in [5, 5.41) is 16.7. The molecule has 5 rings (SSSR count). The predicted molar refractivity (Wildman–Crippen MR) is 152 cm³/mol. The average Bonchev–Trinajstić information content (AvgIpc) is 3.35. The molecule has 0 fully saturated rings. The number of para-hydroxylation sites is 1. The molecule has 0 aliphatic carbocycles. The van der Waals surface area contributed by atoms with E-state index in [9.17, 15) is 10.1 Å². The van der Waals surface area contributed by atoms with Gasteiger partial charge in [0.15, 0.2) is 0 Å². The van der Waals surface area contributed by atoms with Gasteiger partial charge in [-0.2, -0.15) is 0 Å². The number of nitrogens with zero attached hydrogens (tertiary/aromatic N) is 2. The summed E-state index contributed by atoms with van der Waals surface area (Å²) >= 11 is 0. The Morgan fingerprint density at radius 2 is 1.19 bits per heavy atom. The maximum atomic E-state index is 11.6. The van der Waals surface area contributed by atoms with Crippen molar-refractivity contribution in [2.24, 2.45) is 0 Å². The van der Waals surface area contributed by atoms with Crippen LogP contribution in [0.4, 0.5) is 5.69 Å². The maximum absolute atomic E-state index is 11.6. The van der Waals surface area contributed by atoms with Crippen molar-refractivity contribution in [1.82, 2.24) is 4.57 Å². The molecule has 4 nitrogen and oxygen atoms in total. The van der Waals surface area contributed by atoms with Crippen LogP contribution in [0.2, 0.25) is 0 Å². The quantitative estimate of drug-likeness (QED) is 0.0787. The highest BCUT2D eigenvalue weighted by Crippen LogP contribution is 2.56. The van der Waals surface area contributed by atoms with Crippen LogP contribution in [0.3, 0.4) is 0 Å². The first-order valence-electron chi connectivity index (χ1n) is 12.5. The van der Waals surface area contributed by atoms with Crippen LogP contribution in [0.1, 0.15) is 19.3 Å². The van der Waals surface area contributed by atoms with Gasteiger partial charge in [-0.3, -0.25) is 10.1 Å². The zero-order chi connectivity index (χ0) is 24.8. The molecule has 0 bridgehead atoms. The van der Waals surface area contributed by atoms with Gasteiger partial charge in [0.2, 0.25) is 0 Å². The lowest BCUT2D eigenvalue weighted by atomic mass is 10.2. The molecule has 188 valence electrons. The number of nitro benzene ring substituents is 1. The van der Waals surface area contributed by atoms with Crippen molar-refractivity contribution in [3.8, 4) is 0 Å². The second kappa shape index (κ2) is 12.5. The summed E-state index contributed by atoms with van der Waals surface area (Å²) in [6, 6.07) is 40.2. The summed E-state index contributed by atoms with van der Waals surface area (Å²) in [7, 11) is -1.81. The van der Waals surface area contributed by atoms with Crippen molar-refractivity contribution in [1.29, 1.82) is 0 Å². The Labute approximate surface area is 235 Å². The van der Waals surface area contributed by atoms with Gasteiger partial charge in [-0.25, -0.2) is 0 Å². The first-order valence-corrected chi connectivity index (χ1v) is 14.4. The SMILES string of the molecule is O=[N+]([O-])c1cccc2ccn(CCCCC[P+](c3ccccc3)(c3ccccc3)c3ccccc3)c12.[I-]. The van der Waals surface area contributed by atoms with Crippen molar-refractivity contribution in [2.45, 2.75) is 25.8 Å². The van der Waals surface area contributed by atoms with E-state index in [0.29, 0.717) is 0 Å².